The third-order valence-electron chi connectivity index (χ3n) is 4.84. The summed E-state index contributed by atoms with van der Waals surface area (Å²) in [6.07, 6.45) is 0.131. The van der Waals surface area contributed by atoms with Crippen LogP contribution in [0.25, 0.3) is 0 Å². The van der Waals surface area contributed by atoms with E-state index in [0.29, 0.717) is 30.2 Å². The molecule has 0 saturated carbocycles. The summed E-state index contributed by atoms with van der Waals surface area (Å²) >= 11 is 0. The summed E-state index contributed by atoms with van der Waals surface area (Å²) in [5.41, 5.74) is 1.04. The highest BCUT2D eigenvalue weighted by molar-refractivity contribution is 6.16. The number of anilines is 1. The SMILES string of the molecule is CCOc1cccc(N2C(=O)C(O)=C(C(=O)CC)C2c2ccc(O)c(OCC)c2)c1. The number of aromatic hydroxyl groups is 1. The van der Waals surface area contributed by atoms with Gasteiger partial charge in [0.15, 0.2) is 23.0 Å². The fourth-order valence-corrected chi connectivity index (χ4v) is 3.52. The van der Waals surface area contributed by atoms with Gasteiger partial charge in [0.2, 0.25) is 0 Å². The number of carbonyl (C=O) groups excluding carboxylic acids is 2. The Morgan fingerprint density at radius 1 is 1.03 bits per heavy atom. The molecule has 1 atom stereocenters. The maximum absolute atomic E-state index is 13.0. The molecule has 1 aliphatic heterocycles. The van der Waals surface area contributed by atoms with Crippen molar-refractivity contribution in [2.75, 3.05) is 18.1 Å². The van der Waals surface area contributed by atoms with E-state index in [1.165, 1.54) is 11.0 Å². The lowest BCUT2D eigenvalue weighted by Crippen LogP contribution is -2.31. The van der Waals surface area contributed by atoms with Crippen molar-refractivity contribution in [2.45, 2.75) is 33.2 Å². The molecule has 2 aromatic carbocycles. The van der Waals surface area contributed by atoms with Crippen molar-refractivity contribution in [2.24, 2.45) is 0 Å². The topological polar surface area (TPSA) is 96.3 Å². The Hall–Kier alpha value is -3.48. The number of hydrogen-bond acceptors (Lipinski definition) is 6. The van der Waals surface area contributed by atoms with Crippen LogP contribution >= 0.6 is 0 Å². The number of nitrogens with zero attached hydrogens (tertiary/aromatic N) is 1. The van der Waals surface area contributed by atoms with Gasteiger partial charge in [-0.1, -0.05) is 19.1 Å². The summed E-state index contributed by atoms with van der Waals surface area (Å²) in [5.74, 6) is -0.819. The molecule has 1 heterocycles. The highest BCUT2D eigenvalue weighted by Crippen LogP contribution is 2.43. The van der Waals surface area contributed by atoms with E-state index in [0.717, 1.165) is 0 Å². The monoisotopic (exact) mass is 411 g/mol. The predicted molar refractivity (Wildman–Crippen MR) is 112 cm³/mol. The van der Waals surface area contributed by atoms with Crippen LogP contribution in [0.3, 0.4) is 0 Å². The summed E-state index contributed by atoms with van der Waals surface area (Å²) in [4.78, 5) is 27.1. The zero-order chi connectivity index (χ0) is 21.8. The van der Waals surface area contributed by atoms with Gasteiger partial charge in [-0.2, -0.15) is 0 Å². The third kappa shape index (κ3) is 3.83. The van der Waals surface area contributed by atoms with Crippen LogP contribution in [0.5, 0.6) is 17.2 Å². The van der Waals surface area contributed by atoms with Crippen LogP contribution in [0.4, 0.5) is 5.69 Å². The standard InChI is InChI=1S/C23H25NO6/c1-4-17(25)20-21(14-10-11-18(26)19(12-14)30-6-3)24(23(28)22(20)27)15-8-7-9-16(13-15)29-5-2/h7-13,21,26-27H,4-6H2,1-3H3. The summed E-state index contributed by atoms with van der Waals surface area (Å²) < 4.78 is 11.0. The molecule has 0 fully saturated rings. The molecule has 1 unspecified atom stereocenters. The number of Topliss-reactive ketones (excluding diaryl/α,β-unsaturated/α-hetero) is 1. The fraction of sp³-hybridized carbons (Fsp3) is 0.304. The number of rotatable bonds is 8. The largest absolute Gasteiger partial charge is 0.504 e. The van der Waals surface area contributed by atoms with Gasteiger partial charge in [-0.25, -0.2) is 0 Å². The van der Waals surface area contributed by atoms with Gasteiger partial charge in [0.25, 0.3) is 5.91 Å². The van der Waals surface area contributed by atoms with Crippen LogP contribution in [0.2, 0.25) is 0 Å². The lowest BCUT2D eigenvalue weighted by atomic mass is 9.94. The first-order valence-electron chi connectivity index (χ1n) is 9.91. The van der Waals surface area contributed by atoms with Gasteiger partial charge < -0.3 is 19.7 Å². The highest BCUT2D eigenvalue weighted by Gasteiger charge is 2.44. The van der Waals surface area contributed by atoms with Crippen molar-refractivity contribution in [3.63, 3.8) is 0 Å². The minimum Gasteiger partial charge on any atom is -0.504 e. The second-order valence-electron chi connectivity index (χ2n) is 6.71. The molecular weight excluding hydrogens is 386 g/mol. The molecule has 30 heavy (non-hydrogen) atoms. The van der Waals surface area contributed by atoms with E-state index < -0.39 is 17.7 Å². The van der Waals surface area contributed by atoms with Crippen molar-refractivity contribution in [1.29, 1.82) is 0 Å². The van der Waals surface area contributed by atoms with Gasteiger partial charge in [-0.15, -0.1) is 0 Å². The van der Waals surface area contributed by atoms with Crippen molar-refractivity contribution in [3.05, 3.63) is 59.4 Å². The number of carbonyl (C=O) groups is 2. The minimum absolute atomic E-state index is 0.0254. The van der Waals surface area contributed by atoms with E-state index in [-0.39, 0.29) is 29.3 Å². The van der Waals surface area contributed by atoms with E-state index in [1.54, 1.807) is 50.2 Å². The Labute approximate surface area is 175 Å². The van der Waals surface area contributed by atoms with Crippen LogP contribution in [-0.2, 0) is 9.59 Å². The first kappa shape index (κ1) is 21.2. The number of ether oxygens (including phenoxy) is 2. The normalized spacial score (nSPS) is 16.2. The molecule has 0 aromatic heterocycles. The number of phenols is 1. The van der Waals surface area contributed by atoms with Gasteiger partial charge in [0.1, 0.15) is 5.75 Å². The van der Waals surface area contributed by atoms with E-state index in [1.807, 2.05) is 6.92 Å². The van der Waals surface area contributed by atoms with Crippen LogP contribution in [0.1, 0.15) is 38.8 Å². The molecule has 0 bridgehead atoms. The number of aliphatic hydroxyl groups is 1. The zero-order valence-corrected chi connectivity index (χ0v) is 17.2. The fourth-order valence-electron chi connectivity index (χ4n) is 3.52. The summed E-state index contributed by atoms with van der Waals surface area (Å²) in [6.45, 7) is 6.11. The van der Waals surface area contributed by atoms with Crippen molar-refractivity contribution in [3.8, 4) is 17.2 Å². The van der Waals surface area contributed by atoms with E-state index >= 15 is 0 Å². The van der Waals surface area contributed by atoms with Crippen molar-refractivity contribution >= 4 is 17.4 Å². The summed E-state index contributed by atoms with van der Waals surface area (Å²) in [5, 5.41) is 20.6. The Bertz CT molecular complexity index is 997. The lowest BCUT2D eigenvalue weighted by molar-refractivity contribution is -0.118. The maximum Gasteiger partial charge on any atom is 0.294 e. The van der Waals surface area contributed by atoms with Gasteiger partial charge in [0, 0.05) is 18.2 Å². The molecule has 1 aliphatic rings. The molecule has 1 amide bonds. The van der Waals surface area contributed by atoms with E-state index in [9.17, 15) is 19.8 Å². The van der Waals surface area contributed by atoms with Crippen LogP contribution in [-0.4, -0.2) is 35.1 Å². The van der Waals surface area contributed by atoms with Gasteiger partial charge in [-0.05, 0) is 43.7 Å². The number of aliphatic hydroxyl groups excluding tert-OH is 1. The molecular formula is C23H25NO6. The molecule has 2 N–H and O–H groups in total. The maximum atomic E-state index is 13.0. The molecule has 0 spiro atoms. The highest BCUT2D eigenvalue weighted by atomic mass is 16.5. The first-order valence-corrected chi connectivity index (χ1v) is 9.91. The molecule has 0 aliphatic carbocycles. The molecule has 7 heteroatoms. The second kappa shape index (κ2) is 8.90. The molecule has 3 rings (SSSR count). The average Bonchev–Trinajstić information content (AvgIpc) is 3.00. The van der Waals surface area contributed by atoms with Gasteiger partial charge >= 0.3 is 0 Å². The quantitative estimate of drug-likeness (QED) is 0.680. The molecule has 0 radical (unpaired) electrons. The van der Waals surface area contributed by atoms with Crippen molar-refractivity contribution < 1.29 is 29.3 Å². The molecule has 0 saturated heterocycles. The molecule has 2 aromatic rings. The zero-order valence-electron chi connectivity index (χ0n) is 17.2. The number of ketones is 1. The Balaban J connectivity index is 2.17. The van der Waals surface area contributed by atoms with Gasteiger partial charge in [0.05, 0.1) is 24.8 Å². The lowest BCUT2D eigenvalue weighted by Gasteiger charge is -2.27. The van der Waals surface area contributed by atoms with E-state index in [2.05, 4.69) is 0 Å². The summed E-state index contributed by atoms with van der Waals surface area (Å²) in [7, 11) is 0. The van der Waals surface area contributed by atoms with E-state index in [4.69, 9.17) is 9.47 Å². The Kier molecular flexibility index (Phi) is 6.30. The van der Waals surface area contributed by atoms with Crippen LogP contribution in [0, 0.1) is 0 Å². The number of amides is 1. The minimum atomic E-state index is -0.860. The number of benzene rings is 2. The number of hydrogen-bond donors (Lipinski definition) is 2. The Morgan fingerprint density at radius 3 is 2.43 bits per heavy atom. The Morgan fingerprint density at radius 2 is 1.77 bits per heavy atom. The molecule has 158 valence electrons. The molecule has 7 nitrogen and oxygen atoms in total. The smallest absolute Gasteiger partial charge is 0.294 e. The summed E-state index contributed by atoms with van der Waals surface area (Å²) in [6, 6.07) is 10.7. The van der Waals surface area contributed by atoms with Crippen LogP contribution < -0.4 is 14.4 Å². The average molecular weight is 411 g/mol. The van der Waals surface area contributed by atoms with Gasteiger partial charge in [-0.3, -0.25) is 14.5 Å². The first-order chi connectivity index (χ1) is 14.4. The van der Waals surface area contributed by atoms with Crippen LogP contribution in [0.15, 0.2) is 53.8 Å². The van der Waals surface area contributed by atoms with Crippen molar-refractivity contribution in [1.82, 2.24) is 0 Å². The second-order valence-corrected chi connectivity index (χ2v) is 6.71. The number of phenolic OH excluding ortho intramolecular Hbond substituents is 1. The third-order valence-corrected chi connectivity index (χ3v) is 4.84. The predicted octanol–water partition coefficient (Wildman–Crippen LogP) is 4.07.